The second kappa shape index (κ2) is 6.24. The number of rotatable bonds is 3. The van der Waals surface area contributed by atoms with Gasteiger partial charge in [0.2, 0.25) is 11.8 Å². The number of hydrogen-bond acceptors (Lipinski definition) is 4. The molecule has 3 heterocycles. The Morgan fingerprint density at radius 2 is 1.83 bits per heavy atom. The maximum Gasteiger partial charge on any atom is 0.236 e. The molecule has 0 N–H and O–H groups in total. The molecular formula is C17H23N3O2S. The van der Waals surface area contributed by atoms with E-state index in [0.717, 1.165) is 32.4 Å². The van der Waals surface area contributed by atoms with Crippen molar-refractivity contribution in [3.05, 3.63) is 21.9 Å². The van der Waals surface area contributed by atoms with Gasteiger partial charge in [0, 0.05) is 50.1 Å². The number of thiophene rings is 1. The van der Waals surface area contributed by atoms with Crippen LogP contribution in [0.15, 0.2) is 11.4 Å². The van der Waals surface area contributed by atoms with Gasteiger partial charge in [0.25, 0.3) is 0 Å². The van der Waals surface area contributed by atoms with Crippen molar-refractivity contribution in [2.45, 2.75) is 25.8 Å². The van der Waals surface area contributed by atoms with Crippen LogP contribution >= 0.6 is 11.3 Å². The Labute approximate surface area is 140 Å². The number of hydrogen-bond donors (Lipinski definition) is 0. The molecule has 1 aromatic rings. The van der Waals surface area contributed by atoms with E-state index < -0.39 is 0 Å². The first kappa shape index (κ1) is 15.1. The van der Waals surface area contributed by atoms with Crippen LogP contribution in [-0.2, 0) is 22.6 Å². The van der Waals surface area contributed by atoms with E-state index in [0.29, 0.717) is 38.6 Å². The molecule has 1 saturated carbocycles. The summed E-state index contributed by atoms with van der Waals surface area (Å²) in [5, 5.41) is 2.14. The lowest BCUT2D eigenvalue weighted by Crippen LogP contribution is -2.53. The summed E-state index contributed by atoms with van der Waals surface area (Å²) in [7, 11) is 0. The van der Waals surface area contributed by atoms with Crippen LogP contribution in [-0.4, -0.2) is 65.8 Å². The molecule has 0 atom stereocenters. The summed E-state index contributed by atoms with van der Waals surface area (Å²) in [4.78, 5) is 32.2. The van der Waals surface area contributed by atoms with Gasteiger partial charge in [-0.2, -0.15) is 0 Å². The second-order valence-corrected chi connectivity index (χ2v) is 7.81. The van der Waals surface area contributed by atoms with E-state index in [-0.39, 0.29) is 11.8 Å². The van der Waals surface area contributed by atoms with Crippen LogP contribution in [0.4, 0.5) is 0 Å². The van der Waals surface area contributed by atoms with Crippen molar-refractivity contribution in [1.29, 1.82) is 0 Å². The predicted octanol–water partition coefficient (Wildman–Crippen LogP) is 1.19. The minimum absolute atomic E-state index is 0.210. The molecular weight excluding hydrogens is 310 g/mol. The highest BCUT2D eigenvalue weighted by molar-refractivity contribution is 7.10. The highest BCUT2D eigenvalue weighted by Gasteiger charge is 2.35. The van der Waals surface area contributed by atoms with Crippen LogP contribution < -0.4 is 0 Å². The van der Waals surface area contributed by atoms with Crippen molar-refractivity contribution in [3.63, 3.8) is 0 Å². The van der Waals surface area contributed by atoms with Gasteiger partial charge in [0.15, 0.2) is 0 Å². The van der Waals surface area contributed by atoms with Gasteiger partial charge >= 0.3 is 0 Å². The first-order valence-corrected chi connectivity index (χ1v) is 9.43. The predicted molar refractivity (Wildman–Crippen MR) is 89.2 cm³/mol. The largest absolute Gasteiger partial charge is 0.339 e. The summed E-state index contributed by atoms with van der Waals surface area (Å²) in [5.41, 5.74) is 1.38. The zero-order chi connectivity index (χ0) is 15.8. The molecule has 5 nitrogen and oxygen atoms in total. The van der Waals surface area contributed by atoms with Crippen LogP contribution in [0.3, 0.4) is 0 Å². The Hall–Kier alpha value is -1.40. The molecule has 1 saturated heterocycles. The van der Waals surface area contributed by atoms with E-state index >= 15 is 0 Å². The van der Waals surface area contributed by atoms with Crippen LogP contribution in [0.5, 0.6) is 0 Å². The molecule has 0 aromatic carbocycles. The van der Waals surface area contributed by atoms with Gasteiger partial charge in [-0.25, -0.2) is 0 Å². The minimum Gasteiger partial charge on any atom is -0.339 e. The molecule has 6 heteroatoms. The van der Waals surface area contributed by atoms with E-state index in [1.54, 1.807) is 0 Å². The van der Waals surface area contributed by atoms with Gasteiger partial charge in [-0.05, 0) is 36.3 Å². The lowest BCUT2D eigenvalue weighted by molar-refractivity contribution is -0.141. The first-order chi connectivity index (χ1) is 11.2. The zero-order valence-corrected chi connectivity index (χ0v) is 14.2. The Balaban J connectivity index is 1.26. The third-order valence-corrected chi connectivity index (χ3v) is 6.14. The van der Waals surface area contributed by atoms with E-state index in [1.807, 2.05) is 21.1 Å². The molecule has 1 aliphatic carbocycles. The maximum absolute atomic E-state index is 12.5. The Bertz CT molecular complexity index is 603. The normalized spacial score (nSPS) is 22.1. The van der Waals surface area contributed by atoms with Crippen molar-refractivity contribution < 1.29 is 9.59 Å². The summed E-state index contributed by atoms with van der Waals surface area (Å²) < 4.78 is 0. The average molecular weight is 333 g/mol. The fourth-order valence-corrected chi connectivity index (χ4v) is 4.39. The van der Waals surface area contributed by atoms with Crippen molar-refractivity contribution >= 4 is 23.2 Å². The number of piperazine rings is 1. The lowest BCUT2D eigenvalue weighted by atomic mass is 10.1. The standard InChI is InChI=1S/C17H23N3O2S/c21-16(12-18-5-3-15-14(11-18)4-10-23-15)19-6-8-20(9-7-19)17(22)13-1-2-13/h4,10,13H,1-3,5-9,11-12H2. The van der Waals surface area contributed by atoms with Crippen molar-refractivity contribution in [1.82, 2.24) is 14.7 Å². The fraction of sp³-hybridized carbons (Fsp3) is 0.647. The van der Waals surface area contributed by atoms with Crippen LogP contribution in [0.25, 0.3) is 0 Å². The number of carbonyl (C=O) groups is 2. The minimum atomic E-state index is 0.210. The Morgan fingerprint density at radius 3 is 2.57 bits per heavy atom. The molecule has 0 unspecified atom stereocenters. The molecule has 4 rings (SSSR count). The number of carbonyl (C=O) groups excluding carboxylic acids is 2. The van der Waals surface area contributed by atoms with Gasteiger partial charge in [-0.1, -0.05) is 0 Å². The smallest absolute Gasteiger partial charge is 0.236 e. The zero-order valence-electron chi connectivity index (χ0n) is 13.4. The van der Waals surface area contributed by atoms with Crippen molar-refractivity contribution in [3.8, 4) is 0 Å². The summed E-state index contributed by atoms with van der Waals surface area (Å²) in [5.74, 6) is 0.797. The number of nitrogens with zero attached hydrogens (tertiary/aromatic N) is 3. The van der Waals surface area contributed by atoms with Crippen LogP contribution in [0, 0.1) is 5.92 Å². The van der Waals surface area contributed by atoms with Gasteiger partial charge in [0.05, 0.1) is 6.54 Å². The first-order valence-electron chi connectivity index (χ1n) is 8.55. The van der Waals surface area contributed by atoms with Gasteiger partial charge in [-0.15, -0.1) is 11.3 Å². The molecule has 0 spiro atoms. The highest BCUT2D eigenvalue weighted by atomic mass is 32.1. The third kappa shape index (κ3) is 3.28. The van der Waals surface area contributed by atoms with Crippen LogP contribution in [0.1, 0.15) is 23.3 Å². The molecule has 2 amide bonds. The number of amides is 2. The fourth-order valence-electron chi connectivity index (χ4n) is 3.50. The second-order valence-electron chi connectivity index (χ2n) is 6.81. The summed E-state index contributed by atoms with van der Waals surface area (Å²) >= 11 is 1.83. The number of fused-ring (bicyclic) bond motifs is 1. The van der Waals surface area contributed by atoms with Gasteiger partial charge in [-0.3, -0.25) is 14.5 Å². The molecule has 0 radical (unpaired) electrons. The topological polar surface area (TPSA) is 43.9 Å². The summed E-state index contributed by atoms with van der Waals surface area (Å²) in [6.45, 7) is 5.16. The summed E-state index contributed by atoms with van der Waals surface area (Å²) in [6.07, 6.45) is 3.17. The Kier molecular flexibility index (Phi) is 4.11. The maximum atomic E-state index is 12.5. The van der Waals surface area contributed by atoms with Crippen molar-refractivity contribution in [2.24, 2.45) is 5.92 Å². The summed E-state index contributed by atoms with van der Waals surface area (Å²) in [6, 6.07) is 2.18. The SMILES string of the molecule is O=C(CN1CCc2sccc2C1)N1CCN(C(=O)C2CC2)CC1. The quantitative estimate of drug-likeness (QED) is 0.834. The van der Waals surface area contributed by atoms with E-state index in [4.69, 9.17) is 0 Å². The van der Waals surface area contributed by atoms with Gasteiger partial charge < -0.3 is 9.80 Å². The van der Waals surface area contributed by atoms with Crippen molar-refractivity contribution in [2.75, 3.05) is 39.3 Å². The molecule has 1 aromatic heterocycles. The molecule has 124 valence electrons. The molecule has 3 aliphatic rings. The average Bonchev–Trinajstić information content (AvgIpc) is 3.32. The monoisotopic (exact) mass is 333 g/mol. The van der Waals surface area contributed by atoms with Crippen LogP contribution in [0.2, 0.25) is 0 Å². The molecule has 2 aliphatic heterocycles. The lowest BCUT2D eigenvalue weighted by Gasteiger charge is -2.36. The third-order valence-electron chi connectivity index (χ3n) is 5.12. The van der Waals surface area contributed by atoms with Gasteiger partial charge in [0.1, 0.15) is 0 Å². The highest BCUT2D eigenvalue weighted by Crippen LogP contribution is 2.31. The molecule has 0 bridgehead atoms. The Morgan fingerprint density at radius 1 is 1.09 bits per heavy atom. The van der Waals surface area contributed by atoms with E-state index in [9.17, 15) is 9.59 Å². The van der Waals surface area contributed by atoms with E-state index in [1.165, 1.54) is 10.4 Å². The van der Waals surface area contributed by atoms with E-state index in [2.05, 4.69) is 16.3 Å². The molecule has 2 fully saturated rings. The molecule has 23 heavy (non-hydrogen) atoms.